The van der Waals surface area contributed by atoms with Crippen molar-refractivity contribution < 1.29 is 0 Å². The number of hydrogen-bond acceptors (Lipinski definition) is 4. The van der Waals surface area contributed by atoms with Gasteiger partial charge in [0.1, 0.15) is 12.1 Å². The Kier molecular flexibility index (Phi) is 2.97. The lowest BCUT2D eigenvalue weighted by molar-refractivity contribution is 0.410. The zero-order chi connectivity index (χ0) is 11.7. The van der Waals surface area contributed by atoms with Crippen molar-refractivity contribution in [1.29, 1.82) is 0 Å². The third kappa shape index (κ3) is 2.27. The van der Waals surface area contributed by atoms with Crippen molar-refractivity contribution >= 4 is 5.82 Å². The maximum atomic E-state index is 6.01. The molecule has 0 aromatic carbocycles. The number of nitrogens with zero attached hydrogens (tertiary/aromatic N) is 3. The average molecular weight is 232 g/mol. The first kappa shape index (κ1) is 11.0. The van der Waals surface area contributed by atoms with Crippen molar-refractivity contribution in [3.05, 3.63) is 18.1 Å². The summed E-state index contributed by atoms with van der Waals surface area (Å²) >= 11 is 0. The molecule has 1 aliphatic heterocycles. The minimum atomic E-state index is 0.297. The number of aromatic nitrogens is 2. The van der Waals surface area contributed by atoms with Crippen LogP contribution in [0.25, 0.3) is 0 Å². The molecule has 1 saturated carbocycles. The van der Waals surface area contributed by atoms with Crippen LogP contribution in [-0.2, 0) is 0 Å². The van der Waals surface area contributed by atoms with E-state index in [1.807, 2.05) is 0 Å². The van der Waals surface area contributed by atoms with Crippen LogP contribution in [0.4, 0.5) is 5.82 Å². The predicted molar refractivity (Wildman–Crippen MR) is 68.0 cm³/mol. The Bertz CT molecular complexity index is 389. The topological polar surface area (TPSA) is 55.0 Å². The Morgan fingerprint density at radius 2 is 2.06 bits per heavy atom. The predicted octanol–water partition coefficient (Wildman–Crippen LogP) is 1.67. The summed E-state index contributed by atoms with van der Waals surface area (Å²) in [6.07, 6.45) is 7.94. The largest absolute Gasteiger partial charge is 0.355 e. The summed E-state index contributed by atoms with van der Waals surface area (Å²) in [4.78, 5) is 11.1. The molecule has 1 aromatic rings. The second-order valence-corrected chi connectivity index (χ2v) is 5.28. The average Bonchev–Trinajstić information content (AvgIpc) is 2.27. The van der Waals surface area contributed by atoms with E-state index in [2.05, 4.69) is 20.9 Å². The van der Waals surface area contributed by atoms with Gasteiger partial charge in [0.25, 0.3) is 0 Å². The molecule has 4 nitrogen and oxygen atoms in total. The SMILES string of the molecule is NC1CCCN(c2cc(C3CCC3)ncn2)C1. The van der Waals surface area contributed by atoms with Gasteiger partial charge in [-0.05, 0) is 25.7 Å². The zero-order valence-corrected chi connectivity index (χ0v) is 10.2. The van der Waals surface area contributed by atoms with Crippen molar-refractivity contribution in [2.24, 2.45) is 5.73 Å². The van der Waals surface area contributed by atoms with Gasteiger partial charge in [-0.2, -0.15) is 0 Å². The molecule has 2 heterocycles. The van der Waals surface area contributed by atoms with Gasteiger partial charge in [-0.25, -0.2) is 9.97 Å². The van der Waals surface area contributed by atoms with Gasteiger partial charge in [0.15, 0.2) is 0 Å². The van der Waals surface area contributed by atoms with Crippen LogP contribution in [0, 0.1) is 0 Å². The highest BCUT2D eigenvalue weighted by Gasteiger charge is 2.23. The Hall–Kier alpha value is -1.16. The van der Waals surface area contributed by atoms with Crippen molar-refractivity contribution in [3.8, 4) is 0 Å². The van der Waals surface area contributed by atoms with Gasteiger partial charge in [0.2, 0.25) is 0 Å². The van der Waals surface area contributed by atoms with E-state index in [-0.39, 0.29) is 0 Å². The Balaban J connectivity index is 1.77. The second-order valence-electron chi connectivity index (χ2n) is 5.28. The van der Waals surface area contributed by atoms with E-state index in [1.165, 1.54) is 31.4 Å². The minimum Gasteiger partial charge on any atom is -0.355 e. The van der Waals surface area contributed by atoms with Crippen LogP contribution < -0.4 is 10.6 Å². The van der Waals surface area contributed by atoms with Crippen LogP contribution in [0.5, 0.6) is 0 Å². The van der Waals surface area contributed by atoms with Gasteiger partial charge < -0.3 is 10.6 Å². The third-order valence-electron chi connectivity index (χ3n) is 3.98. The smallest absolute Gasteiger partial charge is 0.132 e. The van der Waals surface area contributed by atoms with Crippen molar-refractivity contribution in [2.75, 3.05) is 18.0 Å². The molecule has 1 atom stereocenters. The van der Waals surface area contributed by atoms with Gasteiger partial charge >= 0.3 is 0 Å². The molecule has 1 unspecified atom stereocenters. The van der Waals surface area contributed by atoms with Crippen LogP contribution in [-0.4, -0.2) is 29.1 Å². The molecular formula is C13H20N4. The van der Waals surface area contributed by atoms with E-state index in [0.29, 0.717) is 12.0 Å². The Morgan fingerprint density at radius 1 is 1.18 bits per heavy atom. The molecule has 17 heavy (non-hydrogen) atoms. The van der Waals surface area contributed by atoms with E-state index in [0.717, 1.165) is 25.3 Å². The van der Waals surface area contributed by atoms with Gasteiger partial charge in [-0.3, -0.25) is 0 Å². The normalized spacial score (nSPS) is 25.7. The first-order valence-electron chi connectivity index (χ1n) is 6.65. The van der Waals surface area contributed by atoms with E-state index in [9.17, 15) is 0 Å². The van der Waals surface area contributed by atoms with Gasteiger partial charge in [-0.15, -0.1) is 0 Å². The summed E-state index contributed by atoms with van der Waals surface area (Å²) in [7, 11) is 0. The van der Waals surface area contributed by atoms with E-state index >= 15 is 0 Å². The molecule has 3 rings (SSSR count). The summed E-state index contributed by atoms with van der Waals surface area (Å²) in [5, 5.41) is 0. The van der Waals surface area contributed by atoms with Crippen molar-refractivity contribution in [3.63, 3.8) is 0 Å². The first-order valence-corrected chi connectivity index (χ1v) is 6.65. The summed E-state index contributed by atoms with van der Waals surface area (Å²) in [6.45, 7) is 2.01. The molecule has 0 radical (unpaired) electrons. The second kappa shape index (κ2) is 4.61. The lowest BCUT2D eigenvalue weighted by Crippen LogP contribution is -2.43. The van der Waals surface area contributed by atoms with Gasteiger partial charge in [0.05, 0.1) is 0 Å². The molecular weight excluding hydrogens is 212 g/mol. The fourth-order valence-corrected chi connectivity index (χ4v) is 2.68. The number of rotatable bonds is 2. The monoisotopic (exact) mass is 232 g/mol. The van der Waals surface area contributed by atoms with Crippen molar-refractivity contribution in [2.45, 2.75) is 44.1 Å². The van der Waals surface area contributed by atoms with Crippen LogP contribution in [0.2, 0.25) is 0 Å². The maximum absolute atomic E-state index is 6.01. The first-order chi connectivity index (χ1) is 8.33. The maximum Gasteiger partial charge on any atom is 0.132 e. The molecule has 2 N–H and O–H groups in total. The molecule has 4 heteroatoms. The molecule has 0 spiro atoms. The van der Waals surface area contributed by atoms with Crippen LogP contribution >= 0.6 is 0 Å². The molecule has 1 saturated heterocycles. The fourth-order valence-electron chi connectivity index (χ4n) is 2.68. The standard InChI is InChI=1S/C13H20N4/c14-11-5-2-6-17(8-11)13-7-12(15-9-16-13)10-3-1-4-10/h7,9-11H,1-6,8,14H2. The number of nitrogens with two attached hydrogens (primary N) is 1. The van der Waals surface area contributed by atoms with Gasteiger partial charge in [-0.1, -0.05) is 6.42 Å². The minimum absolute atomic E-state index is 0.297. The van der Waals surface area contributed by atoms with Crippen molar-refractivity contribution in [1.82, 2.24) is 9.97 Å². The summed E-state index contributed by atoms with van der Waals surface area (Å²) in [5.74, 6) is 1.74. The molecule has 2 aliphatic rings. The zero-order valence-electron chi connectivity index (χ0n) is 10.2. The quantitative estimate of drug-likeness (QED) is 0.842. The highest BCUT2D eigenvalue weighted by molar-refractivity contribution is 5.40. The molecule has 1 aliphatic carbocycles. The molecule has 1 aromatic heterocycles. The summed E-state index contributed by atoms with van der Waals surface area (Å²) < 4.78 is 0. The fraction of sp³-hybridized carbons (Fsp3) is 0.692. The molecule has 92 valence electrons. The lowest BCUT2D eigenvalue weighted by atomic mass is 9.83. The third-order valence-corrected chi connectivity index (χ3v) is 3.98. The highest BCUT2D eigenvalue weighted by atomic mass is 15.2. The Morgan fingerprint density at radius 3 is 2.76 bits per heavy atom. The number of anilines is 1. The molecule has 0 amide bonds. The molecule has 0 bridgehead atoms. The lowest BCUT2D eigenvalue weighted by Gasteiger charge is -2.32. The van der Waals surface area contributed by atoms with Crippen LogP contribution in [0.3, 0.4) is 0 Å². The summed E-state index contributed by atoms with van der Waals surface area (Å²) in [5.41, 5.74) is 7.24. The molecule has 2 fully saturated rings. The van der Waals surface area contributed by atoms with Crippen LogP contribution in [0.15, 0.2) is 12.4 Å². The summed E-state index contributed by atoms with van der Waals surface area (Å²) in [6, 6.07) is 2.47. The number of piperidine rings is 1. The van der Waals surface area contributed by atoms with Crippen LogP contribution in [0.1, 0.15) is 43.7 Å². The highest BCUT2D eigenvalue weighted by Crippen LogP contribution is 2.35. The van der Waals surface area contributed by atoms with Gasteiger partial charge in [0, 0.05) is 36.8 Å². The number of hydrogen-bond donors (Lipinski definition) is 1. The Labute approximate surface area is 102 Å². The van der Waals surface area contributed by atoms with E-state index in [4.69, 9.17) is 5.73 Å². The van der Waals surface area contributed by atoms with E-state index in [1.54, 1.807) is 6.33 Å². The van der Waals surface area contributed by atoms with E-state index < -0.39 is 0 Å².